The van der Waals surface area contributed by atoms with Crippen molar-refractivity contribution in [1.82, 2.24) is 15.0 Å². The maximum atomic E-state index is 12.4. The molecule has 1 aromatic carbocycles. The molecule has 6 nitrogen and oxygen atoms in total. The highest BCUT2D eigenvalue weighted by Crippen LogP contribution is 2.21. The van der Waals surface area contributed by atoms with E-state index in [2.05, 4.69) is 20.3 Å². The van der Waals surface area contributed by atoms with Gasteiger partial charge in [-0.05, 0) is 36.2 Å². The average Bonchev–Trinajstić information content (AvgIpc) is 2.61. The third-order valence-corrected chi connectivity index (χ3v) is 3.66. The Balaban J connectivity index is 1.84. The Labute approximate surface area is 139 Å². The lowest BCUT2D eigenvalue weighted by molar-refractivity contribution is 0.415. The lowest BCUT2D eigenvalue weighted by Gasteiger charge is -2.09. The number of anilines is 1. The number of aromatic nitrogens is 3. The average molecular weight is 322 g/mol. The van der Waals surface area contributed by atoms with Crippen molar-refractivity contribution in [3.05, 3.63) is 70.4 Å². The van der Waals surface area contributed by atoms with Gasteiger partial charge >= 0.3 is 0 Å². The van der Waals surface area contributed by atoms with Gasteiger partial charge in [-0.1, -0.05) is 18.2 Å². The molecule has 0 aliphatic carbocycles. The molecule has 0 unspecified atom stereocenters. The van der Waals surface area contributed by atoms with Gasteiger partial charge in [-0.15, -0.1) is 0 Å². The molecule has 0 radical (unpaired) electrons. The molecule has 0 aliphatic rings. The van der Waals surface area contributed by atoms with Gasteiger partial charge in [0.05, 0.1) is 18.4 Å². The second-order valence-electron chi connectivity index (χ2n) is 5.32. The Morgan fingerprint density at radius 3 is 2.62 bits per heavy atom. The Morgan fingerprint density at radius 2 is 2.00 bits per heavy atom. The molecule has 0 saturated heterocycles. The van der Waals surface area contributed by atoms with Crippen LogP contribution in [0.15, 0.2) is 53.6 Å². The van der Waals surface area contributed by atoms with Crippen LogP contribution in [0.2, 0.25) is 0 Å². The topological polar surface area (TPSA) is 79.9 Å². The lowest BCUT2D eigenvalue weighted by atomic mass is 10.1. The molecule has 24 heavy (non-hydrogen) atoms. The number of aromatic amines is 1. The van der Waals surface area contributed by atoms with Crippen LogP contribution in [0.5, 0.6) is 5.75 Å². The van der Waals surface area contributed by atoms with Crippen molar-refractivity contribution in [2.24, 2.45) is 0 Å². The van der Waals surface area contributed by atoms with Gasteiger partial charge in [0, 0.05) is 18.9 Å². The van der Waals surface area contributed by atoms with Crippen molar-refractivity contribution in [2.45, 2.75) is 13.5 Å². The molecule has 0 bridgehead atoms. The minimum Gasteiger partial charge on any atom is -0.497 e. The highest BCUT2D eigenvalue weighted by molar-refractivity contribution is 5.66. The minimum absolute atomic E-state index is 0.179. The molecule has 2 N–H and O–H groups in total. The number of pyridine rings is 1. The zero-order valence-corrected chi connectivity index (χ0v) is 13.5. The second-order valence-corrected chi connectivity index (χ2v) is 5.32. The van der Waals surface area contributed by atoms with E-state index in [0.29, 0.717) is 23.8 Å². The van der Waals surface area contributed by atoms with Crippen LogP contribution in [0.1, 0.15) is 11.3 Å². The minimum atomic E-state index is -0.179. The molecule has 6 heteroatoms. The molecule has 0 atom stereocenters. The summed E-state index contributed by atoms with van der Waals surface area (Å²) in [6.07, 6.45) is 3.49. The molecule has 0 fully saturated rings. The Kier molecular flexibility index (Phi) is 4.56. The third-order valence-electron chi connectivity index (χ3n) is 3.66. The van der Waals surface area contributed by atoms with E-state index in [0.717, 1.165) is 16.9 Å². The van der Waals surface area contributed by atoms with Gasteiger partial charge in [0.15, 0.2) is 0 Å². The zero-order valence-electron chi connectivity index (χ0n) is 13.5. The summed E-state index contributed by atoms with van der Waals surface area (Å²) in [5.41, 5.74) is 2.86. The number of H-pyrrole nitrogens is 1. The van der Waals surface area contributed by atoms with Crippen molar-refractivity contribution in [3.8, 4) is 16.9 Å². The zero-order chi connectivity index (χ0) is 16.9. The molecule has 3 rings (SSSR count). The van der Waals surface area contributed by atoms with Crippen molar-refractivity contribution < 1.29 is 4.74 Å². The lowest BCUT2D eigenvalue weighted by Crippen LogP contribution is -2.16. The van der Waals surface area contributed by atoms with Crippen molar-refractivity contribution in [2.75, 3.05) is 12.4 Å². The fraction of sp³-hybridized carbons (Fsp3) is 0.167. The van der Waals surface area contributed by atoms with Crippen LogP contribution in [-0.4, -0.2) is 22.1 Å². The molecule has 0 amide bonds. The van der Waals surface area contributed by atoms with E-state index in [4.69, 9.17) is 4.74 Å². The van der Waals surface area contributed by atoms with Crippen molar-refractivity contribution in [1.29, 1.82) is 0 Å². The Morgan fingerprint density at radius 1 is 1.21 bits per heavy atom. The standard InChI is InChI=1S/C18H18N4O2/c1-12-16(14-5-7-15(24-2)8-6-14)17(23)22-18(21-12)20-11-13-4-3-9-19-10-13/h3-10H,11H2,1-2H3,(H2,20,21,22,23). The Bertz CT molecular complexity index is 874. The van der Waals surface area contributed by atoms with Crippen LogP contribution < -0.4 is 15.6 Å². The van der Waals surface area contributed by atoms with E-state index in [1.807, 2.05) is 43.3 Å². The van der Waals surface area contributed by atoms with Crippen LogP contribution >= 0.6 is 0 Å². The molecular formula is C18H18N4O2. The predicted octanol–water partition coefficient (Wildman–Crippen LogP) is 2.76. The summed E-state index contributed by atoms with van der Waals surface area (Å²) in [5, 5.41) is 3.11. The molecule has 0 aliphatic heterocycles. The third kappa shape index (κ3) is 3.43. The van der Waals surface area contributed by atoms with Gasteiger partial charge in [-0.3, -0.25) is 14.8 Å². The maximum absolute atomic E-state index is 12.4. The van der Waals surface area contributed by atoms with Crippen molar-refractivity contribution >= 4 is 5.95 Å². The number of nitrogens with zero attached hydrogens (tertiary/aromatic N) is 2. The van der Waals surface area contributed by atoms with Crippen LogP contribution in [-0.2, 0) is 6.54 Å². The second kappa shape index (κ2) is 6.95. The SMILES string of the molecule is COc1ccc(-c2c(C)nc(NCc3cccnc3)[nH]c2=O)cc1. The van der Waals surface area contributed by atoms with Gasteiger partial charge < -0.3 is 10.1 Å². The van der Waals surface area contributed by atoms with Crippen LogP contribution in [0.25, 0.3) is 11.1 Å². The van der Waals surface area contributed by atoms with E-state index < -0.39 is 0 Å². The number of aryl methyl sites for hydroxylation is 1. The van der Waals surface area contributed by atoms with Gasteiger partial charge in [-0.25, -0.2) is 4.98 Å². The smallest absolute Gasteiger partial charge is 0.260 e. The van der Waals surface area contributed by atoms with Gasteiger partial charge in [0.1, 0.15) is 5.75 Å². The summed E-state index contributed by atoms with van der Waals surface area (Å²) < 4.78 is 5.14. The number of hydrogen-bond donors (Lipinski definition) is 2. The number of hydrogen-bond acceptors (Lipinski definition) is 5. The molecule has 0 spiro atoms. The fourth-order valence-electron chi connectivity index (χ4n) is 2.46. The maximum Gasteiger partial charge on any atom is 0.260 e. The van der Waals surface area contributed by atoms with E-state index in [9.17, 15) is 4.79 Å². The summed E-state index contributed by atoms with van der Waals surface area (Å²) in [7, 11) is 1.61. The van der Waals surface area contributed by atoms with E-state index >= 15 is 0 Å². The number of benzene rings is 1. The van der Waals surface area contributed by atoms with Gasteiger partial charge in [-0.2, -0.15) is 0 Å². The monoisotopic (exact) mass is 322 g/mol. The first-order valence-electron chi connectivity index (χ1n) is 7.55. The molecule has 122 valence electrons. The van der Waals surface area contributed by atoms with Crippen LogP contribution in [0.3, 0.4) is 0 Å². The normalized spacial score (nSPS) is 10.4. The first kappa shape index (κ1) is 15.7. The molecule has 2 aromatic heterocycles. The molecule has 3 aromatic rings. The Hall–Kier alpha value is -3.15. The highest BCUT2D eigenvalue weighted by Gasteiger charge is 2.10. The highest BCUT2D eigenvalue weighted by atomic mass is 16.5. The molecule has 2 heterocycles. The quantitative estimate of drug-likeness (QED) is 0.755. The molecule has 0 saturated carbocycles. The summed E-state index contributed by atoms with van der Waals surface area (Å²) in [5.74, 6) is 1.19. The summed E-state index contributed by atoms with van der Waals surface area (Å²) >= 11 is 0. The first-order valence-corrected chi connectivity index (χ1v) is 7.55. The first-order chi connectivity index (χ1) is 11.7. The molecular weight excluding hydrogens is 304 g/mol. The van der Waals surface area contributed by atoms with E-state index in [1.54, 1.807) is 19.5 Å². The van der Waals surface area contributed by atoms with Crippen LogP contribution in [0.4, 0.5) is 5.95 Å². The van der Waals surface area contributed by atoms with Gasteiger partial charge in [0.2, 0.25) is 5.95 Å². The van der Waals surface area contributed by atoms with Crippen molar-refractivity contribution in [3.63, 3.8) is 0 Å². The number of methoxy groups -OCH3 is 1. The summed E-state index contributed by atoms with van der Waals surface area (Å²) in [4.78, 5) is 23.7. The van der Waals surface area contributed by atoms with E-state index in [-0.39, 0.29) is 5.56 Å². The predicted molar refractivity (Wildman–Crippen MR) is 93.1 cm³/mol. The number of ether oxygens (including phenoxy) is 1. The van der Waals surface area contributed by atoms with Gasteiger partial charge in [0.25, 0.3) is 5.56 Å². The largest absolute Gasteiger partial charge is 0.497 e. The summed E-state index contributed by atoms with van der Waals surface area (Å²) in [6.45, 7) is 2.36. The van der Waals surface area contributed by atoms with E-state index in [1.165, 1.54) is 0 Å². The van der Waals surface area contributed by atoms with Crippen LogP contribution in [0, 0.1) is 6.92 Å². The fourth-order valence-corrected chi connectivity index (χ4v) is 2.46. The number of rotatable bonds is 5. The summed E-state index contributed by atoms with van der Waals surface area (Å²) in [6, 6.07) is 11.2. The number of nitrogens with one attached hydrogen (secondary N) is 2.